The maximum atomic E-state index is 12.7. The fourth-order valence-corrected chi connectivity index (χ4v) is 3.26. The first kappa shape index (κ1) is 18.1. The Hall–Kier alpha value is -1.71. The van der Waals surface area contributed by atoms with Crippen LogP contribution in [-0.4, -0.2) is 41.8 Å². The van der Waals surface area contributed by atoms with Gasteiger partial charge in [0.1, 0.15) is 12.2 Å². The summed E-state index contributed by atoms with van der Waals surface area (Å²) in [6.45, 7) is 9.16. The van der Waals surface area contributed by atoms with Gasteiger partial charge in [-0.05, 0) is 52.7 Å². The van der Waals surface area contributed by atoms with Gasteiger partial charge in [-0.15, -0.1) is 0 Å². The van der Waals surface area contributed by atoms with Gasteiger partial charge in [-0.25, -0.2) is 0 Å². The number of rotatable bonds is 2. The van der Waals surface area contributed by atoms with Gasteiger partial charge in [0, 0.05) is 5.56 Å². The van der Waals surface area contributed by atoms with Crippen LogP contribution in [0, 0.1) is 11.8 Å². The second-order valence-corrected chi connectivity index (χ2v) is 7.31. The molecule has 2 aliphatic heterocycles. The number of Topliss-reactive ketones (excluding diaryl/α,β-unsaturated/α-hetero) is 1. The highest BCUT2D eigenvalue weighted by Gasteiger charge is 2.54. The Kier molecular flexibility index (Phi) is 4.74. The summed E-state index contributed by atoms with van der Waals surface area (Å²) in [4.78, 5) is 12.7. The molecule has 3 rings (SSSR count). The Bertz CT molecular complexity index is 698. The number of hydrogen-bond donors (Lipinski definition) is 0. The smallest absolute Gasteiger partial charge is 0.237 e. The molecule has 0 spiro atoms. The van der Waals surface area contributed by atoms with Crippen molar-refractivity contribution in [1.82, 2.24) is 0 Å². The number of benzene rings is 1. The third-order valence-electron chi connectivity index (χ3n) is 4.17. The minimum absolute atomic E-state index is 0.213. The maximum Gasteiger partial charge on any atom is 0.237 e. The van der Waals surface area contributed by atoms with Crippen molar-refractivity contribution in [2.24, 2.45) is 0 Å². The summed E-state index contributed by atoms with van der Waals surface area (Å²) in [6, 6.07) is 9.37. The summed E-state index contributed by atoms with van der Waals surface area (Å²) in [5, 5.41) is 0. The Morgan fingerprint density at radius 2 is 1.52 bits per heavy atom. The normalized spacial score (nSPS) is 32.8. The lowest BCUT2D eigenvalue weighted by Gasteiger charge is -2.24. The van der Waals surface area contributed by atoms with Crippen LogP contribution in [-0.2, 0) is 23.7 Å². The zero-order valence-corrected chi connectivity index (χ0v) is 15.2. The molecule has 5 nitrogen and oxygen atoms in total. The molecular formula is C20H24O5. The van der Waals surface area contributed by atoms with Gasteiger partial charge in [0.2, 0.25) is 5.78 Å². The van der Waals surface area contributed by atoms with Crippen LogP contribution in [0.5, 0.6) is 0 Å². The third-order valence-corrected chi connectivity index (χ3v) is 4.17. The van der Waals surface area contributed by atoms with E-state index in [1.54, 1.807) is 13.8 Å². The van der Waals surface area contributed by atoms with Crippen molar-refractivity contribution in [3.8, 4) is 11.8 Å². The molecule has 1 aromatic carbocycles. The number of carbonyl (C=O) groups excluding carboxylic acids is 1. The molecule has 0 aromatic heterocycles. The first-order valence-corrected chi connectivity index (χ1v) is 8.49. The van der Waals surface area contributed by atoms with Crippen LogP contribution >= 0.6 is 0 Å². The molecule has 0 bridgehead atoms. The SMILES string of the molecule is C[C@H]1OC(C)(C)O[C@H]1[C@@H]1OC(C)(C)O[C@H]1C(=O)C#Cc1ccccc1. The van der Waals surface area contributed by atoms with Crippen molar-refractivity contribution in [2.75, 3.05) is 0 Å². The predicted molar refractivity (Wildman–Crippen MR) is 91.7 cm³/mol. The van der Waals surface area contributed by atoms with Gasteiger partial charge in [0.25, 0.3) is 0 Å². The van der Waals surface area contributed by atoms with Crippen LogP contribution in [0.1, 0.15) is 40.2 Å². The average Bonchev–Trinajstić information content (AvgIpc) is 3.00. The van der Waals surface area contributed by atoms with Gasteiger partial charge in [0.15, 0.2) is 17.7 Å². The highest BCUT2D eigenvalue weighted by atomic mass is 16.8. The van der Waals surface area contributed by atoms with Crippen molar-refractivity contribution in [1.29, 1.82) is 0 Å². The van der Waals surface area contributed by atoms with Crippen molar-refractivity contribution in [2.45, 2.75) is 70.6 Å². The fraction of sp³-hybridized carbons (Fsp3) is 0.550. The van der Waals surface area contributed by atoms with Crippen molar-refractivity contribution >= 4 is 5.78 Å². The van der Waals surface area contributed by atoms with Crippen molar-refractivity contribution in [3.05, 3.63) is 35.9 Å². The zero-order valence-electron chi connectivity index (χ0n) is 15.2. The number of hydrogen-bond acceptors (Lipinski definition) is 5. The minimum atomic E-state index is -0.880. The summed E-state index contributed by atoms with van der Waals surface area (Å²) < 4.78 is 23.5. The summed E-state index contributed by atoms with van der Waals surface area (Å²) in [6.07, 6.45) is -1.99. The van der Waals surface area contributed by atoms with Crippen molar-refractivity contribution in [3.63, 3.8) is 0 Å². The van der Waals surface area contributed by atoms with Crippen LogP contribution in [0.3, 0.4) is 0 Å². The van der Waals surface area contributed by atoms with Gasteiger partial charge in [-0.2, -0.15) is 0 Å². The number of ether oxygens (including phenoxy) is 4. The molecule has 2 saturated heterocycles. The monoisotopic (exact) mass is 344 g/mol. The first-order valence-electron chi connectivity index (χ1n) is 8.49. The molecule has 1 aromatic rings. The van der Waals surface area contributed by atoms with Gasteiger partial charge < -0.3 is 18.9 Å². The Balaban J connectivity index is 1.81. The fourth-order valence-electron chi connectivity index (χ4n) is 3.26. The standard InChI is InChI=1S/C20H24O5/c1-13-16(23-19(2,3)22-13)18-17(24-20(4,5)25-18)15(21)12-11-14-9-7-6-8-10-14/h6-10,13,16-18H,1-5H3/t13-,16-,17+,18+/m1/s1. The second-order valence-electron chi connectivity index (χ2n) is 7.31. The van der Waals surface area contributed by atoms with E-state index in [1.807, 2.05) is 51.1 Å². The molecule has 134 valence electrons. The van der Waals surface area contributed by atoms with E-state index in [1.165, 1.54) is 0 Å². The lowest BCUT2D eigenvalue weighted by Crippen LogP contribution is -2.44. The van der Waals surface area contributed by atoms with E-state index in [4.69, 9.17) is 18.9 Å². The lowest BCUT2D eigenvalue weighted by atomic mass is 10.0. The Labute approximate surface area is 148 Å². The van der Waals surface area contributed by atoms with Crippen LogP contribution in [0.15, 0.2) is 30.3 Å². The molecule has 2 fully saturated rings. The highest BCUT2D eigenvalue weighted by molar-refractivity contribution is 6.00. The molecule has 2 heterocycles. The van der Waals surface area contributed by atoms with Crippen LogP contribution in [0.25, 0.3) is 0 Å². The van der Waals surface area contributed by atoms with Crippen LogP contribution in [0.4, 0.5) is 0 Å². The molecule has 0 unspecified atom stereocenters. The maximum absolute atomic E-state index is 12.7. The minimum Gasteiger partial charge on any atom is -0.345 e. The van der Waals surface area contributed by atoms with Gasteiger partial charge >= 0.3 is 0 Å². The average molecular weight is 344 g/mol. The number of ketones is 1. The van der Waals surface area contributed by atoms with E-state index >= 15 is 0 Å². The van der Waals surface area contributed by atoms with Crippen LogP contribution in [0.2, 0.25) is 0 Å². The highest BCUT2D eigenvalue weighted by Crippen LogP contribution is 2.38. The van der Waals surface area contributed by atoms with Gasteiger partial charge in [-0.3, -0.25) is 4.79 Å². The van der Waals surface area contributed by atoms with Crippen molar-refractivity contribution < 1.29 is 23.7 Å². The van der Waals surface area contributed by atoms with E-state index in [0.717, 1.165) is 5.56 Å². The molecule has 4 atom stereocenters. The molecule has 0 saturated carbocycles. The molecule has 2 aliphatic rings. The van der Waals surface area contributed by atoms with E-state index in [9.17, 15) is 4.79 Å². The number of carbonyl (C=O) groups is 1. The topological polar surface area (TPSA) is 54.0 Å². The molecule has 0 aliphatic carbocycles. The molecule has 0 radical (unpaired) electrons. The summed E-state index contributed by atoms with van der Waals surface area (Å²) in [5.41, 5.74) is 0.778. The van der Waals surface area contributed by atoms with E-state index in [-0.39, 0.29) is 11.9 Å². The lowest BCUT2D eigenvalue weighted by molar-refractivity contribution is -0.175. The largest absolute Gasteiger partial charge is 0.345 e. The summed E-state index contributed by atoms with van der Waals surface area (Å²) >= 11 is 0. The van der Waals surface area contributed by atoms with E-state index in [2.05, 4.69) is 11.8 Å². The summed E-state index contributed by atoms with van der Waals surface area (Å²) in [5.74, 6) is 3.64. The van der Waals surface area contributed by atoms with E-state index < -0.39 is 29.9 Å². The Morgan fingerprint density at radius 1 is 0.920 bits per heavy atom. The first-order chi connectivity index (χ1) is 11.7. The molecule has 5 heteroatoms. The van der Waals surface area contributed by atoms with Gasteiger partial charge in [0.05, 0.1) is 6.10 Å². The van der Waals surface area contributed by atoms with E-state index in [0.29, 0.717) is 0 Å². The quantitative estimate of drug-likeness (QED) is 0.772. The molecular weight excluding hydrogens is 320 g/mol. The molecule has 0 N–H and O–H groups in total. The molecule has 0 amide bonds. The molecule has 25 heavy (non-hydrogen) atoms. The van der Waals surface area contributed by atoms with Crippen LogP contribution < -0.4 is 0 Å². The Morgan fingerprint density at radius 3 is 2.12 bits per heavy atom. The predicted octanol–water partition coefficient (Wildman–Crippen LogP) is 2.67. The summed E-state index contributed by atoms with van der Waals surface area (Å²) in [7, 11) is 0. The third kappa shape index (κ3) is 4.10. The van der Waals surface area contributed by atoms with Gasteiger partial charge in [-0.1, -0.05) is 24.1 Å². The second kappa shape index (κ2) is 6.54. The zero-order chi connectivity index (χ0) is 18.2.